The molecule has 0 spiro atoms. The van der Waals surface area contributed by atoms with E-state index >= 15 is 0 Å². The zero-order valence-electron chi connectivity index (χ0n) is 22.8. The summed E-state index contributed by atoms with van der Waals surface area (Å²) in [7, 11) is 0. The molecule has 0 unspecified atom stereocenters. The van der Waals surface area contributed by atoms with Crippen molar-refractivity contribution in [3.05, 3.63) is 99.8 Å². The molecule has 202 valence electrons. The maximum Gasteiger partial charge on any atom is 0.123 e. The fourth-order valence-electron chi connectivity index (χ4n) is 4.02. The highest BCUT2D eigenvalue weighted by Gasteiger charge is 2.24. The second-order valence-electron chi connectivity index (χ2n) is 8.59. The third-order valence-electron chi connectivity index (χ3n) is 5.67. The molecule has 38 heavy (non-hydrogen) atoms. The van der Waals surface area contributed by atoms with Gasteiger partial charge in [0.2, 0.25) is 0 Å². The van der Waals surface area contributed by atoms with Gasteiger partial charge in [0.1, 0.15) is 11.5 Å². The number of aromatic nitrogens is 2. The van der Waals surface area contributed by atoms with Crippen LogP contribution in [0.15, 0.2) is 60.8 Å². The number of pyridine rings is 1. The van der Waals surface area contributed by atoms with E-state index < -0.39 is 0 Å². The van der Waals surface area contributed by atoms with Crippen LogP contribution in [0.25, 0.3) is 27.9 Å². The lowest BCUT2D eigenvalue weighted by molar-refractivity contribution is 0.628. The minimum absolute atomic E-state index is 0.233. The molecule has 4 aromatic rings. The van der Waals surface area contributed by atoms with Crippen LogP contribution in [0.5, 0.6) is 0 Å². The Morgan fingerprint density at radius 3 is 2.45 bits per heavy atom. The van der Waals surface area contributed by atoms with Gasteiger partial charge >= 0.3 is 0 Å². The molecule has 5 rings (SSSR count). The van der Waals surface area contributed by atoms with E-state index in [1.165, 1.54) is 29.7 Å². The van der Waals surface area contributed by atoms with E-state index in [2.05, 4.69) is 61.5 Å². The standard InChI is InChI=1S/C26H21ClFN3.C3H8.C2H6.H2OS/c1-3-23(25-14-21-15(2)10-18(27)13-24(21)31-25)29-9-8-20-11-17-12-22(17)26(30-20)16-4-6-19(28)7-5-16;1-3-2;2*1-2/h4-7,10-11,13-14,29,31H,1,8-9,12H2,2H3;3H2,1-2H3;1-2H3;1-2H. The molecule has 2 aromatic heterocycles. The van der Waals surface area contributed by atoms with Gasteiger partial charge in [0.15, 0.2) is 0 Å². The Bertz CT molecular complexity index is 1390. The lowest BCUT2D eigenvalue weighted by Gasteiger charge is -2.08. The second kappa shape index (κ2) is 15.4. The number of hydrogen-bond acceptors (Lipinski definition) is 4. The molecule has 0 fully saturated rings. The van der Waals surface area contributed by atoms with Gasteiger partial charge in [-0.3, -0.25) is 4.98 Å². The van der Waals surface area contributed by atoms with Crippen LogP contribution in [0.3, 0.4) is 0 Å². The second-order valence-corrected chi connectivity index (χ2v) is 9.02. The van der Waals surface area contributed by atoms with Gasteiger partial charge < -0.3 is 14.9 Å². The van der Waals surface area contributed by atoms with Crippen molar-refractivity contribution in [2.24, 2.45) is 0 Å². The predicted molar refractivity (Wildman–Crippen MR) is 164 cm³/mol. The van der Waals surface area contributed by atoms with Crippen molar-refractivity contribution in [3.63, 3.8) is 0 Å². The molecule has 0 atom stereocenters. The normalized spacial score (nSPS) is 10.4. The van der Waals surface area contributed by atoms with Crippen LogP contribution >= 0.6 is 24.5 Å². The maximum absolute atomic E-state index is 13.3. The Kier molecular flexibility index (Phi) is 12.6. The summed E-state index contributed by atoms with van der Waals surface area (Å²) in [4.78, 5) is 8.24. The molecule has 2 heterocycles. The third-order valence-corrected chi connectivity index (χ3v) is 5.89. The van der Waals surface area contributed by atoms with Gasteiger partial charge in [-0.1, -0.05) is 52.3 Å². The summed E-state index contributed by atoms with van der Waals surface area (Å²) in [5.74, 6) is -0.233. The maximum atomic E-state index is 13.3. The molecule has 2 aromatic carbocycles. The number of hydrogen-bond donors (Lipinski definition) is 4. The highest BCUT2D eigenvalue weighted by molar-refractivity contribution is 7.74. The molecule has 0 saturated carbocycles. The summed E-state index contributed by atoms with van der Waals surface area (Å²) in [5.41, 5.74) is 12.4. The first-order valence-corrected chi connectivity index (χ1v) is 13.6. The number of aryl methyl sites for hydroxylation is 1. The van der Waals surface area contributed by atoms with Crippen LogP contribution in [-0.4, -0.2) is 21.1 Å². The highest BCUT2D eigenvalue weighted by atomic mass is 35.5. The molecule has 0 bridgehead atoms. The molecule has 0 amide bonds. The van der Waals surface area contributed by atoms with Crippen LogP contribution in [0.2, 0.25) is 5.02 Å². The van der Waals surface area contributed by atoms with Crippen LogP contribution in [0.4, 0.5) is 4.39 Å². The molecule has 3 N–H and O–H groups in total. The van der Waals surface area contributed by atoms with Crippen molar-refractivity contribution in [1.29, 1.82) is 0 Å². The van der Waals surface area contributed by atoms with Crippen molar-refractivity contribution < 1.29 is 8.94 Å². The molecule has 1 aliphatic carbocycles. The van der Waals surface area contributed by atoms with Crippen molar-refractivity contribution >= 4 is 41.1 Å². The molecule has 0 saturated heterocycles. The van der Waals surface area contributed by atoms with Crippen LogP contribution in [0.1, 0.15) is 62.2 Å². The van der Waals surface area contributed by atoms with Gasteiger partial charge in [-0.05, 0) is 85.1 Å². The summed E-state index contributed by atoms with van der Waals surface area (Å²) >= 11 is 8.71. The van der Waals surface area contributed by atoms with E-state index in [-0.39, 0.29) is 5.82 Å². The van der Waals surface area contributed by atoms with Crippen molar-refractivity contribution in [2.45, 2.75) is 53.9 Å². The van der Waals surface area contributed by atoms with E-state index in [9.17, 15) is 4.39 Å². The topological polar surface area (TPSA) is 60.9 Å². The number of nitrogens with zero attached hydrogens (tertiary/aromatic N) is 1. The first kappa shape index (κ1) is 31.2. The summed E-state index contributed by atoms with van der Waals surface area (Å²) < 4.78 is 20.0. The molecule has 1 aliphatic rings. The van der Waals surface area contributed by atoms with E-state index in [0.717, 1.165) is 57.7 Å². The fraction of sp³-hybridized carbons (Fsp3) is 0.290. The summed E-state index contributed by atoms with van der Waals surface area (Å²) in [5, 5.41) is 5.26. The Labute approximate surface area is 236 Å². The van der Waals surface area contributed by atoms with Crippen LogP contribution in [-0.2, 0) is 12.8 Å². The molecule has 7 heteroatoms. The van der Waals surface area contributed by atoms with Gasteiger partial charge in [0, 0.05) is 46.6 Å². The molecular weight excluding hydrogens is 517 g/mol. The highest BCUT2D eigenvalue weighted by Crippen LogP contribution is 2.37. The number of halogens is 2. The molecule has 0 aliphatic heterocycles. The van der Waals surface area contributed by atoms with Crippen molar-refractivity contribution in [1.82, 2.24) is 15.3 Å². The Morgan fingerprint density at radius 2 is 1.82 bits per heavy atom. The summed E-state index contributed by atoms with van der Waals surface area (Å²) in [6.07, 6.45) is 2.97. The van der Waals surface area contributed by atoms with Crippen molar-refractivity contribution in [2.75, 3.05) is 6.54 Å². The predicted octanol–water partition coefficient (Wildman–Crippen LogP) is 9.02. The average molecular weight is 554 g/mol. The quantitative estimate of drug-likeness (QED) is 0.0963. The number of thiol groups is 1. The van der Waals surface area contributed by atoms with E-state index in [1.807, 2.05) is 32.9 Å². The smallest absolute Gasteiger partial charge is 0.123 e. The number of nitrogens with one attached hydrogen (secondary N) is 2. The summed E-state index contributed by atoms with van der Waals surface area (Å²) in [6, 6.07) is 14.7. The molecule has 4 nitrogen and oxygen atoms in total. The zero-order chi connectivity index (χ0) is 28.2. The van der Waals surface area contributed by atoms with Crippen molar-refractivity contribution in [3.8, 4) is 11.3 Å². The van der Waals surface area contributed by atoms with Crippen LogP contribution in [0, 0.1) is 12.7 Å². The van der Waals surface area contributed by atoms with Gasteiger partial charge in [-0.2, -0.15) is 0 Å². The van der Waals surface area contributed by atoms with E-state index in [0.29, 0.717) is 11.6 Å². The van der Waals surface area contributed by atoms with Gasteiger partial charge in [-0.25, -0.2) is 4.39 Å². The van der Waals surface area contributed by atoms with Gasteiger partial charge in [-0.15, -0.1) is 5.73 Å². The Hall–Kier alpha value is -3.02. The average Bonchev–Trinajstić information content (AvgIpc) is 3.59. The number of benzene rings is 2. The Morgan fingerprint density at radius 1 is 1.16 bits per heavy atom. The van der Waals surface area contributed by atoms with Crippen LogP contribution < -0.4 is 5.32 Å². The Balaban J connectivity index is 0.000000665. The summed E-state index contributed by atoms with van der Waals surface area (Å²) in [6.45, 7) is 14.8. The number of rotatable bonds is 6. The first-order chi connectivity index (χ1) is 18.4. The lowest BCUT2D eigenvalue weighted by Crippen LogP contribution is -2.16. The SMILES string of the molecule is C=C=C(NCCc1cc2c(c(-c3ccc(F)cc3)n1)C2)c1cc2c(C)cc(Cl)cc2[nH]1.CC.CCC.OS. The number of H-pyrrole nitrogens is 1. The number of aromatic amines is 1. The fourth-order valence-corrected chi connectivity index (χ4v) is 4.29. The lowest BCUT2D eigenvalue weighted by atomic mass is 10.1. The zero-order valence-corrected chi connectivity index (χ0v) is 24.4. The van der Waals surface area contributed by atoms with E-state index in [4.69, 9.17) is 21.1 Å². The first-order valence-electron chi connectivity index (χ1n) is 12.8. The largest absolute Gasteiger partial charge is 0.377 e. The monoisotopic (exact) mass is 553 g/mol. The van der Waals surface area contributed by atoms with E-state index in [1.54, 1.807) is 12.1 Å². The molecular formula is C31H37ClFN3OS. The third kappa shape index (κ3) is 7.99. The minimum atomic E-state index is -0.233. The van der Waals surface area contributed by atoms with Gasteiger partial charge in [0.25, 0.3) is 0 Å². The number of fused-ring (bicyclic) bond motifs is 2. The van der Waals surface area contributed by atoms with Gasteiger partial charge in [0.05, 0.1) is 11.4 Å². The minimum Gasteiger partial charge on any atom is -0.377 e. The molecule has 0 radical (unpaired) electrons.